The van der Waals surface area contributed by atoms with Crippen molar-refractivity contribution in [2.24, 2.45) is 0 Å². The van der Waals surface area contributed by atoms with Gasteiger partial charge in [-0.15, -0.1) is 0 Å². The van der Waals surface area contributed by atoms with E-state index >= 15 is 0 Å². The summed E-state index contributed by atoms with van der Waals surface area (Å²) in [5.41, 5.74) is 0. The van der Waals surface area contributed by atoms with E-state index in [0.717, 1.165) is 29.5 Å². The Morgan fingerprint density at radius 2 is 1.75 bits per heavy atom. The molecule has 1 aromatic heterocycles. The van der Waals surface area contributed by atoms with Gasteiger partial charge in [0.25, 0.3) is 0 Å². The van der Waals surface area contributed by atoms with Crippen LogP contribution in [0.25, 0.3) is 0 Å². The molecule has 1 aromatic carbocycles. The van der Waals surface area contributed by atoms with Crippen molar-refractivity contribution >= 4 is 40.1 Å². The molecule has 1 aliphatic rings. The van der Waals surface area contributed by atoms with E-state index < -0.39 is 0 Å². The van der Waals surface area contributed by atoms with Gasteiger partial charge in [0.2, 0.25) is 11.2 Å². The average molecular weight is 403 g/mol. The molecule has 1 saturated heterocycles. The number of rotatable bonds is 3. The Kier molecular flexibility index (Phi) is 4.21. The Morgan fingerprint density at radius 3 is 2.45 bits per heavy atom. The van der Waals surface area contributed by atoms with Crippen LogP contribution >= 0.6 is 34.2 Å². The molecule has 0 aliphatic carbocycles. The van der Waals surface area contributed by atoms with Crippen LogP contribution in [0.4, 0.5) is 5.95 Å². The molecule has 0 bridgehead atoms. The molecular weight excluding hydrogens is 391 g/mol. The van der Waals surface area contributed by atoms with E-state index in [-0.39, 0.29) is 11.3 Å². The standard InChI is InChI=1S/C13H12ClIN4O/c14-11-16-12(19-7-1-2-8-19)18-13(17-11)20-10-5-3-9(15)4-6-10/h3-6H,1-2,7-8H2. The van der Waals surface area contributed by atoms with E-state index in [4.69, 9.17) is 16.3 Å². The highest BCUT2D eigenvalue weighted by Gasteiger charge is 2.17. The highest BCUT2D eigenvalue weighted by atomic mass is 127. The van der Waals surface area contributed by atoms with E-state index in [1.165, 1.54) is 0 Å². The fraction of sp³-hybridized carbons (Fsp3) is 0.308. The van der Waals surface area contributed by atoms with E-state index in [1.54, 1.807) is 0 Å². The Balaban J connectivity index is 1.83. The van der Waals surface area contributed by atoms with Crippen LogP contribution in [0.1, 0.15) is 12.8 Å². The van der Waals surface area contributed by atoms with Gasteiger partial charge in [0.1, 0.15) is 5.75 Å². The predicted molar refractivity (Wildman–Crippen MR) is 85.5 cm³/mol. The largest absolute Gasteiger partial charge is 0.424 e. The summed E-state index contributed by atoms with van der Waals surface area (Å²) in [6.07, 6.45) is 2.30. The second-order valence-corrected chi connectivity index (χ2v) is 6.02. The van der Waals surface area contributed by atoms with Gasteiger partial charge >= 0.3 is 6.01 Å². The maximum absolute atomic E-state index is 5.95. The highest BCUT2D eigenvalue weighted by Crippen LogP contribution is 2.23. The fourth-order valence-electron chi connectivity index (χ4n) is 2.03. The van der Waals surface area contributed by atoms with Gasteiger partial charge in [0.15, 0.2) is 0 Å². The second kappa shape index (κ2) is 6.09. The topological polar surface area (TPSA) is 51.1 Å². The summed E-state index contributed by atoms with van der Waals surface area (Å²) in [5.74, 6) is 1.27. The lowest BCUT2D eigenvalue weighted by atomic mass is 10.3. The third-order valence-electron chi connectivity index (χ3n) is 2.99. The molecule has 2 heterocycles. The number of halogens is 2. The normalized spacial score (nSPS) is 14.6. The highest BCUT2D eigenvalue weighted by molar-refractivity contribution is 14.1. The zero-order chi connectivity index (χ0) is 13.9. The van der Waals surface area contributed by atoms with Crippen LogP contribution in [0.5, 0.6) is 11.8 Å². The summed E-state index contributed by atoms with van der Waals surface area (Å²) in [7, 11) is 0. The lowest BCUT2D eigenvalue weighted by Crippen LogP contribution is -2.21. The quantitative estimate of drug-likeness (QED) is 0.735. The van der Waals surface area contributed by atoms with Gasteiger partial charge < -0.3 is 9.64 Å². The number of nitrogens with zero attached hydrogens (tertiary/aromatic N) is 4. The van der Waals surface area contributed by atoms with Gasteiger partial charge in [-0.3, -0.25) is 0 Å². The third kappa shape index (κ3) is 3.29. The third-order valence-corrected chi connectivity index (χ3v) is 3.88. The molecule has 20 heavy (non-hydrogen) atoms. The molecule has 7 heteroatoms. The summed E-state index contributed by atoms with van der Waals surface area (Å²) >= 11 is 8.19. The Hall–Kier alpha value is -1.15. The van der Waals surface area contributed by atoms with Gasteiger partial charge in [-0.2, -0.15) is 15.0 Å². The first-order chi connectivity index (χ1) is 9.70. The van der Waals surface area contributed by atoms with Crippen LogP contribution in [0.15, 0.2) is 24.3 Å². The molecule has 0 radical (unpaired) electrons. The predicted octanol–water partition coefficient (Wildman–Crippen LogP) is 3.52. The average Bonchev–Trinajstić information content (AvgIpc) is 2.95. The lowest BCUT2D eigenvalue weighted by Gasteiger charge is -2.15. The first-order valence-corrected chi connectivity index (χ1v) is 7.76. The molecule has 0 unspecified atom stereocenters. The molecule has 1 fully saturated rings. The second-order valence-electron chi connectivity index (χ2n) is 4.44. The van der Waals surface area contributed by atoms with E-state index in [2.05, 4.69) is 42.4 Å². The van der Waals surface area contributed by atoms with Crippen LogP contribution in [-0.2, 0) is 0 Å². The molecule has 3 rings (SSSR count). The minimum absolute atomic E-state index is 0.155. The van der Waals surface area contributed by atoms with Crippen molar-refractivity contribution in [2.75, 3.05) is 18.0 Å². The summed E-state index contributed by atoms with van der Waals surface area (Å²) in [6.45, 7) is 1.90. The Bertz CT molecular complexity index is 602. The summed E-state index contributed by atoms with van der Waals surface area (Å²) < 4.78 is 6.78. The molecule has 0 atom stereocenters. The zero-order valence-electron chi connectivity index (χ0n) is 10.6. The summed E-state index contributed by atoms with van der Waals surface area (Å²) in [6, 6.07) is 7.89. The van der Waals surface area contributed by atoms with Crippen LogP contribution in [0.2, 0.25) is 5.28 Å². The minimum Gasteiger partial charge on any atom is -0.424 e. The first kappa shape index (κ1) is 13.8. The fourth-order valence-corrected chi connectivity index (χ4v) is 2.54. The monoisotopic (exact) mass is 402 g/mol. The molecule has 0 spiro atoms. The van der Waals surface area contributed by atoms with Crippen molar-refractivity contribution < 1.29 is 4.74 Å². The number of ether oxygens (including phenoxy) is 1. The van der Waals surface area contributed by atoms with E-state index in [9.17, 15) is 0 Å². The van der Waals surface area contributed by atoms with Crippen molar-refractivity contribution in [3.8, 4) is 11.8 Å². The van der Waals surface area contributed by atoms with Crippen LogP contribution < -0.4 is 9.64 Å². The van der Waals surface area contributed by atoms with Crippen molar-refractivity contribution in [1.82, 2.24) is 15.0 Å². The van der Waals surface area contributed by atoms with Crippen molar-refractivity contribution in [3.05, 3.63) is 33.1 Å². The molecule has 5 nitrogen and oxygen atoms in total. The zero-order valence-corrected chi connectivity index (χ0v) is 13.5. The molecule has 0 N–H and O–H groups in total. The van der Waals surface area contributed by atoms with Gasteiger partial charge in [-0.25, -0.2) is 0 Å². The smallest absolute Gasteiger partial charge is 0.328 e. The van der Waals surface area contributed by atoms with Crippen LogP contribution in [-0.4, -0.2) is 28.0 Å². The number of hydrogen-bond donors (Lipinski definition) is 0. The Morgan fingerprint density at radius 1 is 1.05 bits per heavy atom. The lowest BCUT2D eigenvalue weighted by molar-refractivity contribution is 0.439. The van der Waals surface area contributed by atoms with Crippen molar-refractivity contribution in [1.29, 1.82) is 0 Å². The molecular formula is C13H12ClIN4O. The van der Waals surface area contributed by atoms with Gasteiger partial charge in [0.05, 0.1) is 0 Å². The maximum Gasteiger partial charge on any atom is 0.328 e. The SMILES string of the molecule is Clc1nc(Oc2ccc(I)cc2)nc(N2CCCC2)n1. The molecule has 0 amide bonds. The van der Waals surface area contributed by atoms with Crippen molar-refractivity contribution in [2.45, 2.75) is 12.8 Å². The molecule has 1 aliphatic heterocycles. The van der Waals surface area contributed by atoms with Crippen molar-refractivity contribution in [3.63, 3.8) is 0 Å². The number of benzene rings is 1. The van der Waals surface area contributed by atoms with Crippen LogP contribution in [0.3, 0.4) is 0 Å². The summed E-state index contributed by atoms with van der Waals surface area (Å²) in [4.78, 5) is 14.6. The maximum atomic E-state index is 5.95. The van der Waals surface area contributed by atoms with Gasteiger partial charge in [0, 0.05) is 16.7 Å². The first-order valence-electron chi connectivity index (χ1n) is 6.31. The van der Waals surface area contributed by atoms with Gasteiger partial charge in [-0.1, -0.05) is 0 Å². The molecule has 104 valence electrons. The van der Waals surface area contributed by atoms with E-state index in [0.29, 0.717) is 11.7 Å². The summed E-state index contributed by atoms with van der Waals surface area (Å²) in [5, 5.41) is 0.155. The number of aromatic nitrogens is 3. The number of hydrogen-bond acceptors (Lipinski definition) is 5. The van der Waals surface area contributed by atoms with E-state index in [1.807, 2.05) is 24.3 Å². The molecule has 2 aromatic rings. The minimum atomic E-state index is 0.155. The Labute approximate surface area is 135 Å². The number of anilines is 1. The molecule has 0 saturated carbocycles. The van der Waals surface area contributed by atoms with Crippen LogP contribution in [0, 0.1) is 3.57 Å². The van der Waals surface area contributed by atoms with Gasteiger partial charge in [-0.05, 0) is 71.3 Å².